The number of hydrogen-bond acceptors (Lipinski definition) is 6. The third-order valence-corrected chi connectivity index (χ3v) is 4.28. The molecule has 22 heavy (non-hydrogen) atoms. The number of aliphatic hydroxyl groups is 1. The van der Waals surface area contributed by atoms with E-state index in [1.165, 1.54) is 14.0 Å². The van der Waals surface area contributed by atoms with E-state index < -0.39 is 24.1 Å². The SMILES string of the molecule is C=C1C(=O)O[C@H](C2=C(C)C(OC)CC2=O)[C@@H]1[C@@H](O)CC(C)=O. The first kappa shape index (κ1) is 16.6. The highest BCUT2D eigenvalue weighted by atomic mass is 16.6. The van der Waals surface area contributed by atoms with E-state index in [0.29, 0.717) is 11.1 Å². The van der Waals surface area contributed by atoms with Crippen LogP contribution >= 0.6 is 0 Å². The average molecular weight is 308 g/mol. The molecule has 6 heteroatoms. The Labute approximate surface area is 128 Å². The van der Waals surface area contributed by atoms with Crippen LogP contribution in [0.1, 0.15) is 26.7 Å². The molecular formula is C16H20O6. The van der Waals surface area contributed by atoms with Crippen molar-refractivity contribution in [1.82, 2.24) is 0 Å². The van der Waals surface area contributed by atoms with Crippen LogP contribution in [0.2, 0.25) is 0 Å². The molecule has 0 aromatic carbocycles. The van der Waals surface area contributed by atoms with E-state index in [4.69, 9.17) is 9.47 Å². The van der Waals surface area contributed by atoms with Crippen LogP contribution in [-0.2, 0) is 23.9 Å². The number of carbonyl (C=O) groups excluding carboxylic acids is 3. The number of cyclic esters (lactones) is 1. The fraction of sp³-hybridized carbons (Fsp3) is 0.562. The lowest BCUT2D eigenvalue weighted by atomic mass is 9.84. The van der Waals surface area contributed by atoms with E-state index in [2.05, 4.69) is 6.58 Å². The molecule has 1 unspecified atom stereocenters. The largest absolute Gasteiger partial charge is 0.453 e. The molecule has 4 atom stereocenters. The summed E-state index contributed by atoms with van der Waals surface area (Å²) >= 11 is 0. The Balaban J connectivity index is 2.37. The second-order valence-corrected chi connectivity index (χ2v) is 5.80. The predicted octanol–water partition coefficient (Wildman–Crippen LogP) is 0.728. The summed E-state index contributed by atoms with van der Waals surface area (Å²) in [5, 5.41) is 10.3. The molecule has 6 nitrogen and oxygen atoms in total. The van der Waals surface area contributed by atoms with Crippen LogP contribution in [-0.4, -0.2) is 48.1 Å². The molecule has 1 aliphatic carbocycles. The lowest BCUT2D eigenvalue weighted by molar-refractivity contribution is -0.138. The van der Waals surface area contributed by atoms with Gasteiger partial charge in [0.25, 0.3) is 0 Å². The predicted molar refractivity (Wildman–Crippen MR) is 76.9 cm³/mol. The zero-order valence-electron chi connectivity index (χ0n) is 12.9. The summed E-state index contributed by atoms with van der Waals surface area (Å²) in [4.78, 5) is 35.3. The van der Waals surface area contributed by atoms with Gasteiger partial charge in [-0.1, -0.05) is 6.58 Å². The quantitative estimate of drug-likeness (QED) is 0.595. The zero-order valence-corrected chi connectivity index (χ0v) is 12.9. The Kier molecular flexibility index (Phi) is 4.63. The fourth-order valence-electron chi connectivity index (χ4n) is 3.15. The van der Waals surface area contributed by atoms with Gasteiger partial charge in [0.05, 0.1) is 18.1 Å². The summed E-state index contributed by atoms with van der Waals surface area (Å²) in [7, 11) is 1.51. The minimum atomic E-state index is -1.11. The Morgan fingerprint density at radius 2 is 2.14 bits per heavy atom. The third kappa shape index (κ3) is 2.76. The lowest BCUT2D eigenvalue weighted by Crippen LogP contribution is -2.33. The average Bonchev–Trinajstić information content (AvgIpc) is 2.86. The molecule has 2 aliphatic rings. The van der Waals surface area contributed by atoms with E-state index in [9.17, 15) is 19.5 Å². The number of ketones is 2. The van der Waals surface area contributed by atoms with Gasteiger partial charge in [-0.15, -0.1) is 0 Å². The maximum atomic E-state index is 12.2. The molecule has 0 saturated carbocycles. The summed E-state index contributed by atoms with van der Waals surface area (Å²) in [6.45, 7) is 6.74. The second-order valence-electron chi connectivity index (χ2n) is 5.80. The standard InChI is InChI=1S/C16H20O6/c1-7(17)5-10(18)14-9(3)16(20)22-15(14)13-8(2)12(21-4)6-11(13)19/h10,12,14-15,18H,3,5-6H2,1-2,4H3/t10-,12?,14-,15+/m0/s1. The summed E-state index contributed by atoms with van der Waals surface area (Å²) in [5.41, 5.74) is 1.14. The highest BCUT2D eigenvalue weighted by Gasteiger charge is 2.49. The zero-order chi connectivity index (χ0) is 16.6. The highest BCUT2D eigenvalue weighted by molar-refractivity contribution is 6.02. The number of rotatable bonds is 5. The van der Waals surface area contributed by atoms with Crippen molar-refractivity contribution in [2.24, 2.45) is 5.92 Å². The maximum Gasteiger partial charge on any atom is 0.334 e. The summed E-state index contributed by atoms with van der Waals surface area (Å²) in [6.07, 6.45) is -2.29. The number of hydrogen-bond donors (Lipinski definition) is 1. The molecule has 0 amide bonds. The normalized spacial score (nSPS) is 30.0. The Morgan fingerprint density at radius 3 is 2.64 bits per heavy atom. The fourth-order valence-corrected chi connectivity index (χ4v) is 3.15. The van der Waals surface area contributed by atoms with Crippen molar-refractivity contribution < 1.29 is 29.0 Å². The molecule has 1 saturated heterocycles. The van der Waals surface area contributed by atoms with Gasteiger partial charge in [-0.05, 0) is 19.4 Å². The number of carbonyl (C=O) groups is 3. The molecule has 1 fully saturated rings. The third-order valence-electron chi connectivity index (χ3n) is 4.28. The molecule has 2 rings (SSSR count). The monoisotopic (exact) mass is 308 g/mol. The first-order valence-corrected chi connectivity index (χ1v) is 7.11. The van der Waals surface area contributed by atoms with E-state index >= 15 is 0 Å². The maximum absolute atomic E-state index is 12.2. The molecule has 0 bridgehead atoms. The molecule has 0 aromatic rings. The molecule has 0 radical (unpaired) electrons. The Hall–Kier alpha value is -1.79. The van der Waals surface area contributed by atoms with Crippen molar-refractivity contribution in [2.75, 3.05) is 7.11 Å². The van der Waals surface area contributed by atoms with Crippen LogP contribution in [0.15, 0.2) is 23.3 Å². The summed E-state index contributed by atoms with van der Waals surface area (Å²) < 4.78 is 10.5. The van der Waals surface area contributed by atoms with Crippen molar-refractivity contribution in [2.45, 2.75) is 45.0 Å². The topological polar surface area (TPSA) is 89.9 Å². The molecule has 0 aromatic heterocycles. The van der Waals surface area contributed by atoms with Crippen molar-refractivity contribution in [3.05, 3.63) is 23.3 Å². The first-order valence-electron chi connectivity index (χ1n) is 7.11. The van der Waals surface area contributed by atoms with Gasteiger partial charge < -0.3 is 14.6 Å². The Bertz CT molecular complexity index is 573. The molecule has 1 heterocycles. The van der Waals surface area contributed by atoms with E-state index in [1.807, 2.05) is 0 Å². The lowest BCUT2D eigenvalue weighted by Gasteiger charge is -2.23. The van der Waals surface area contributed by atoms with Crippen LogP contribution in [0, 0.1) is 5.92 Å². The molecule has 1 N–H and O–H groups in total. The number of ether oxygens (including phenoxy) is 2. The Morgan fingerprint density at radius 1 is 1.50 bits per heavy atom. The van der Waals surface area contributed by atoms with Crippen LogP contribution in [0.25, 0.3) is 0 Å². The summed E-state index contributed by atoms with van der Waals surface area (Å²) in [6, 6.07) is 0. The minimum Gasteiger partial charge on any atom is -0.453 e. The molecular weight excluding hydrogens is 288 g/mol. The van der Waals surface area contributed by atoms with Gasteiger partial charge in [0.2, 0.25) is 0 Å². The van der Waals surface area contributed by atoms with Gasteiger partial charge in [-0.2, -0.15) is 0 Å². The highest BCUT2D eigenvalue weighted by Crippen LogP contribution is 2.40. The van der Waals surface area contributed by atoms with Gasteiger partial charge in [0, 0.05) is 31.1 Å². The van der Waals surface area contributed by atoms with E-state index in [-0.39, 0.29) is 36.1 Å². The number of methoxy groups -OCH3 is 1. The van der Waals surface area contributed by atoms with Gasteiger partial charge >= 0.3 is 5.97 Å². The van der Waals surface area contributed by atoms with E-state index in [1.54, 1.807) is 6.92 Å². The van der Waals surface area contributed by atoms with Crippen LogP contribution < -0.4 is 0 Å². The van der Waals surface area contributed by atoms with Crippen LogP contribution in [0.4, 0.5) is 0 Å². The van der Waals surface area contributed by atoms with Crippen LogP contribution in [0.5, 0.6) is 0 Å². The van der Waals surface area contributed by atoms with Crippen molar-refractivity contribution in [3.8, 4) is 0 Å². The number of Topliss-reactive ketones (excluding diaryl/α,β-unsaturated/α-hetero) is 2. The number of aliphatic hydroxyl groups excluding tert-OH is 1. The molecule has 120 valence electrons. The van der Waals surface area contributed by atoms with Crippen molar-refractivity contribution >= 4 is 17.5 Å². The van der Waals surface area contributed by atoms with E-state index in [0.717, 1.165) is 0 Å². The van der Waals surface area contributed by atoms with Crippen LogP contribution in [0.3, 0.4) is 0 Å². The van der Waals surface area contributed by atoms with Gasteiger partial charge in [0.1, 0.15) is 11.9 Å². The minimum absolute atomic E-state index is 0.0905. The van der Waals surface area contributed by atoms with Gasteiger partial charge in [0.15, 0.2) is 5.78 Å². The molecule has 0 spiro atoms. The molecule has 1 aliphatic heterocycles. The second kappa shape index (κ2) is 6.14. The van der Waals surface area contributed by atoms with Gasteiger partial charge in [-0.25, -0.2) is 4.79 Å². The summed E-state index contributed by atoms with van der Waals surface area (Å²) in [5.74, 6) is -1.82. The van der Waals surface area contributed by atoms with Crippen molar-refractivity contribution in [3.63, 3.8) is 0 Å². The smallest absolute Gasteiger partial charge is 0.334 e. The first-order chi connectivity index (χ1) is 10.3. The van der Waals surface area contributed by atoms with Gasteiger partial charge in [-0.3, -0.25) is 9.59 Å². The number of esters is 1. The van der Waals surface area contributed by atoms with Crippen molar-refractivity contribution in [1.29, 1.82) is 0 Å².